The van der Waals surface area contributed by atoms with Crippen LogP contribution in [0.3, 0.4) is 0 Å². The van der Waals surface area contributed by atoms with Crippen LogP contribution in [-0.4, -0.2) is 42.5 Å². The molecule has 4 rings (SSSR count). The van der Waals surface area contributed by atoms with Crippen molar-refractivity contribution in [2.75, 3.05) is 13.2 Å². The predicted octanol–water partition coefficient (Wildman–Crippen LogP) is 4.62. The number of pyridine rings is 1. The number of amides is 1. The molecule has 0 bridgehead atoms. The van der Waals surface area contributed by atoms with Crippen molar-refractivity contribution in [3.8, 4) is 5.75 Å². The van der Waals surface area contributed by atoms with Gasteiger partial charge in [0.05, 0.1) is 29.5 Å². The zero-order valence-corrected chi connectivity index (χ0v) is 20.9. The van der Waals surface area contributed by atoms with Crippen molar-refractivity contribution in [1.82, 2.24) is 10.3 Å². The molecule has 1 aliphatic heterocycles. The number of fused-ring (bicyclic) bond motifs is 1. The summed E-state index contributed by atoms with van der Waals surface area (Å²) in [6.07, 6.45) is 2.90. The number of benzene rings is 2. The van der Waals surface area contributed by atoms with E-state index >= 15 is 0 Å². The molecule has 1 aromatic heterocycles. The summed E-state index contributed by atoms with van der Waals surface area (Å²) in [6, 6.07) is 17.6. The van der Waals surface area contributed by atoms with Crippen LogP contribution in [0.5, 0.6) is 5.75 Å². The number of nitrogens with one attached hydrogen (secondary N) is 1. The second-order valence-electron chi connectivity index (χ2n) is 9.76. The summed E-state index contributed by atoms with van der Waals surface area (Å²) >= 11 is 0. The lowest BCUT2D eigenvalue weighted by molar-refractivity contribution is 0.00578. The largest absolute Gasteiger partial charge is 0.494 e. The van der Waals surface area contributed by atoms with Crippen molar-refractivity contribution in [1.29, 1.82) is 0 Å². The van der Waals surface area contributed by atoms with E-state index in [1.54, 1.807) is 6.20 Å². The van der Waals surface area contributed by atoms with Crippen LogP contribution in [0.4, 0.5) is 4.79 Å². The van der Waals surface area contributed by atoms with E-state index in [-0.39, 0.29) is 17.8 Å². The Kier molecular flexibility index (Phi) is 7.62. The molecule has 7 nitrogen and oxygen atoms in total. The molecule has 1 N–H and O–H groups in total. The van der Waals surface area contributed by atoms with Gasteiger partial charge in [-0.1, -0.05) is 42.5 Å². The summed E-state index contributed by atoms with van der Waals surface area (Å²) in [5.41, 5.74) is 2.03. The lowest BCUT2D eigenvalue weighted by Crippen LogP contribution is -2.41. The van der Waals surface area contributed by atoms with Crippen molar-refractivity contribution in [2.24, 2.45) is 0 Å². The van der Waals surface area contributed by atoms with E-state index in [1.165, 1.54) is 0 Å². The zero-order chi connectivity index (χ0) is 24.9. The molecular formula is C27H33BN2O5. The van der Waals surface area contributed by atoms with Gasteiger partial charge in [0.15, 0.2) is 0 Å². The third-order valence-electron chi connectivity index (χ3n) is 6.53. The molecule has 1 fully saturated rings. The Morgan fingerprint density at radius 2 is 1.74 bits per heavy atom. The number of carbonyl (C=O) groups excluding carboxylic acids is 1. The molecule has 0 unspecified atom stereocenters. The highest BCUT2D eigenvalue weighted by Crippen LogP contribution is 2.36. The van der Waals surface area contributed by atoms with E-state index in [1.807, 2.05) is 82.3 Å². The Balaban J connectivity index is 1.21. The first-order valence-corrected chi connectivity index (χ1v) is 12.1. The lowest BCUT2D eigenvalue weighted by Gasteiger charge is -2.32. The number of carbonyl (C=O) groups is 1. The van der Waals surface area contributed by atoms with Crippen LogP contribution in [0.2, 0.25) is 0 Å². The second-order valence-corrected chi connectivity index (χ2v) is 9.76. The minimum atomic E-state index is -0.416. The number of alkyl carbamates (subject to hydrolysis) is 1. The molecule has 0 spiro atoms. The van der Waals surface area contributed by atoms with Gasteiger partial charge in [-0.15, -0.1) is 0 Å². The molecule has 0 saturated carbocycles. The minimum Gasteiger partial charge on any atom is -0.492 e. The van der Waals surface area contributed by atoms with Gasteiger partial charge in [-0.05, 0) is 63.7 Å². The fourth-order valence-corrected chi connectivity index (χ4v) is 3.72. The maximum atomic E-state index is 11.8. The van der Waals surface area contributed by atoms with Crippen LogP contribution in [0.1, 0.15) is 46.1 Å². The van der Waals surface area contributed by atoms with Gasteiger partial charge in [-0.3, -0.25) is 4.98 Å². The van der Waals surface area contributed by atoms with Crippen molar-refractivity contribution < 1.29 is 23.6 Å². The fourth-order valence-electron chi connectivity index (χ4n) is 3.72. The van der Waals surface area contributed by atoms with Gasteiger partial charge in [0.2, 0.25) is 0 Å². The topological polar surface area (TPSA) is 78.9 Å². The van der Waals surface area contributed by atoms with Crippen LogP contribution in [0.25, 0.3) is 10.9 Å². The summed E-state index contributed by atoms with van der Waals surface area (Å²) in [5, 5.41) is 3.74. The molecule has 0 aliphatic carbocycles. The monoisotopic (exact) mass is 476 g/mol. The molecule has 2 heterocycles. The van der Waals surface area contributed by atoms with Crippen LogP contribution in [0, 0.1) is 0 Å². The minimum absolute atomic E-state index is 0.265. The summed E-state index contributed by atoms with van der Waals surface area (Å²) in [6.45, 7) is 9.52. The van der Waals surface area contributed by atoms with Crippen molar-refractivity contribution in [3.63, 3.8) is 0 Å². The normalized spacial score (nSPS) is 16.3. The molecule has 1 amide bonds. The molecule has 3 aromatic rings. The third-order valence-corrected chi connectivity index (χ3v) is 6.53. The lowest BCUT2D eigenvalue weighted by atomic mass is 9.78. The predicted molar refractivity (Wildman–Crippen MR) is 137 cm³/mol. The van der Waals surface area contributed by atoms with Crippen LogP contribution < -0.4 is 15.5 Å². The number of nitrogens with zero attached hydrogens (tertiary/aromatic N) is 1. The number of hydrogen-bond donors (Lipinski definition) is 1. The maximum Gasteiger partial charge on any atom is 0.494 e. The van der Waals surface area contributed by atoms with Gasteiger partial charge in [-0.2, -0.15) is 0 Å². The SMILES string of the molecule is CC1(C)OB(c2ccc3ncc(OCCCCNC(=O)OCc4ccccc4)cc3c2)OC1(C)C. The van der Waals surface area contributed by atoms with Gasteiger partial charge in [0.1, 0.15) is 12.4 Å². The number of rotatable bonds is 9. The number of hydrogen-bond acceptors (Lipinski definition) is 6. The average molecular weight is 476 g/mol. The summed E-state index contributed by atoms with van der Waals surface area (Å²) in [4.78, 5) is 16.3. The first kappa shape index (κ1) is 25.0. The van der Waals surface area contributed by atoms with Crippen LogP contribution >= 0.6 is 0 Å². The van der Waals surface area contributed by atoms with Crippen molar-refractivity contribution >= 4 is 29.6 Å². The summed E-state index contributed by atoms with van der Waals surface area (Å²) in [5.74, 6) is 0.707. The summed E-state index contributed by atoms with van der Waals surface area (Å²) < 4.78 is 23.4. The quantitative estimate of drug-likeness (QED) is 0.359. The first-order valence-electron chi connectivity index (χ1n) is 12.1. The first-order chi connectivity index (χ1) is 16.7. The average Bonchev–Trinajstić information content (AvgIpc) is 3.06. The number of ether oxygens (including phenoxy) is 2. The van der Waals surface area contributed by atoms with Gasteiger partial charge in [0.25, 0.3) is 0 Å². The van der Waals surface area contributed by atoms with E-state index in [4.69, 9.17) is 18.8 Å². The smallest absolute Gasteiger partial charge is 0.492 e. The van der Waals surface area contributed by atoms with Gasteiger partial charge in [-0.25, -0.2) is 4.79 Å². The zero-order valence-electron chi connectivity index (χ0n) is 20.9. The highest BCUT2D eigenvalue weighted by atomic mass is 16.7. The Hall–Kier alpha value is -3.10. The Morgan fingerprint density at radius 1 is 1.00 bits per heavy atom. The Morgan fingerprint density at radius 3 is 2.49 bits per heavy atom. The van der Waals surface area contributed by atoms with E-state index in [9.17, 15) is 4.79 Å². The fraction of sp³-hybridized carbons (Fsp3) is 0.407. The Labute approximate surface area is 207 Å². The van der Waals surface area contributed by atoms with Crippen molar-refractivity contribution in [2.45, 2.75) is 58.3 Å². The maximum absolute atomic E-state index is 11.8. The van der Waals surface area contributed by atoms with E-state index < -0.39 is 13.2 Å². The molecule has 8 heteroatoms. The van der Waals surface area contributed by atoms with Crippen LogP contribution in [-0.2, 0) is 20.7 Å². The molecule has 1 aliphatic rings. The highest BCUT2D eigenvalue weighted by molar-refractivity contribution is 6.62. The molecule has 1 saturated heterocycles. The third kappa shape index (κ3) is 6.32. The van der Waals surface area contributed by atoms with E-state index in [0.29, 0.717) is 18.9 Å². The summed E-state index contributed by atoms with van der Waals surface area (Å²) in [7, 11) is -0.416. The van der Waals surface area contributed by atoms with Gasteiger partial charge in [0, 0.05) is 11.9 Å². The highest BCUT2D eigenvalue weighted by Gasteiger charge is 2.51. The molecule has 35 heavy (non-hydrogen) atoms. The molecule has 0 atom stereocenters. The second kappa shape index (κ2) is 10.7. The standard InChI is InChI=1S/C27H33BN2O5/c1-26(2)27(3,4)35-28(34-26)22-12-13-24-21(16-22)17-23(18-30-24)32-15-9-8-14-29-25(31)33-19-20-10-6-5-7-11-20/h5-7,10-13,16-18H,8-9,14-15,19H2,1-4H3,(H,29,31). The molecular weight excluding hydrogens is 443 g/mol. The van der Waals surface area contributed by atoms with Gasteiger partial charge < -0.3 is 24.1 Å². The number of aromatic nitrogens is 1. The van der Waals surface area contributed by atoms with E-state index in [2.05, 4.69) is 10.3 Å². The van der Waals surface area contributed by atoms with Crippen LogP contribution in [0.15, 0.2) is 60.8 Å². The molecule has 0 radical (unpaired) electrons. The van der Waals surface area contributed by atoms with Gasteiger partial charge >= 0.3 is 13.2 Å². The number of unbranched alkanes of at least 4 members (excludes halogenated alkanes) is 1. The molecule has 184 valence electrons. The van der Waals surface area contributed by atoms with Crippen molar-refractivity contribution in [3.05, 3.63) is 66.4 Å². The van der Waals surface area contributed by atoms with E-state index in [0.717, 1.165) is 34.8 Å². The molecule has 2 aromatic carbocycles. The Bertz CT molecular complexity index is 1140.